The van der Waals surface area contributed by atoms with Crippen LogP contribution in [0.3, 0.4) is 0 Å². The van der Waals surface area contributed by atoms with Crippen LogP contribution < -0.4 is 10.4 Å². The zero-order chi connectivity index (χ0) is 25.4. The molecule has 3 aromatic carbocycles. The molecule has 0 bridgehead atoms. The minimum Gasteiger partial charge on any atom is -0.457 e. The number of aromatic amines is 1. The molecule has 1 N–H and O–H groups in total. The molecule has 3 aromatic heterocycles. The Kier molecular flexibility index (Phi) is 5.96. The smallest absolute Gasteiger partial charge is 0.346 e. The second kappa shape index (κ2) is 9.58. The number of ether oxygens (including phenoxy) is 1. The summed E-state index contributed by atoms with van der Waals surface area (Å²) in [5, 5.41) is 0.982. The first-order chi connectivity index (χ1) is 18.0. The fraction of sp³-hybridized carbons (Fsp3) is 0. The molecule has 6 rings (SSSR count). The maximum Gasteiger partial charge on any atom is 0.346 e. The number of fused-ring (bicyclic) bond motifs is 1. The minimum absolute atomic E-state index is 0.458. The van der Waals surface area contributed by atoms with E-state index in [0.717, 1.165) is 11.3 Å². The summed E-state index contributed by atoms with van der Waals surface area (Å²) < 4.78 is 7.88. The van der Waals surface area contributed by atoms with Gasteiger partial charge in [0, 0.05) is 22.3 Å². The summed E-state index contributed by atoms with van der Waals surface area (Å²) in [6.45, 7) is 0. The summed E-state index contributed by atoms with van der Waals surface area (Å²) >= 11 is 12.7. The number of imidazole rings is 1. The molecule has 8 heteroatoms. The van der Waals surface area contributed by atoms with E-state index in [-0.39, 0.29) is 0 Å². The van der Waals surface area contributed by atoms with Crippen molar-refractivity contribution in [1.29, 1.82) is 0 Å². The fourth-order valence-corrected chi connectivity index (χ4v) is 4.70. The highest BCUT2D eigenvalue weighted by atomic mass is 35.5. The van der Waals surface area contributed by atoms with Crippen LogP contribution in [0.5, 0.6) is 11.5 Å². The van der Waals surface area contributed by atoms with E-state index >= 15 is 0 Å². The number of para-hydroxylation sites is 1. The molecule has 37 heavy (non-hydrogen) atoms. The van der Waals surface area contributed by atoms with Gasteiger partial charge in [-0.1, -0.05) is 59.6 Å². The predicted octanol–water partition coefficient (Wildman–Crippen LogP) is 7.52. The number of H-pyrrole nitrogens is 1. The van der Waals surface area contributed by atoms with E-state index < -0.39 is 5.69 Å². The van der Waals surface area contributed by atoms with Gasteiger partial charge in [-0.3, -0.25) is 4.40 Å². The number of rotatable bonds is 5. The van der Waals surface area contributed by atoms with Gasteiger partial charge in [0.15, 0.2) is 0 Å². The molecule has 0 radical (unpaired) electrons. The van der Waals surface area contributed by atoms with E-state index in [1.54, 1.807) is 12.1 Å². The van der Waals surface area contributed by atoms with Crippen molar-refractivity contribution in [1.82, 2.24) is 19.4 Å². The van der Waals surface area contributed by atoms with Gasteiger partial charge in [-0.05, 0) is 60.7 Å². The number of aromatic nitrogens is 4. The Balaban J connectivity index is 1.50. The lowest BCUT2D eigenvalue weighted by molar-refractivity contribution is 0.483. The van der Waals surface area contributed by atoms with Crippen molar-refractivity contribution in [3.63, 3.8) is 0 Å². The Hall–Kier alpha value is -4.39. The highest BCUT2D eigenvalue weighted by Gasteiger charge is 2.20. The maximum atomic E-state index is 12.8. The number of benzene rings is 3. The minimum atomic E-state index is -0.485. The molecule has 0 atom stereocenters. The molecule has 6 aromatic rings. The van der Waals surface area contributed by atoms with Crippen molar-refractivity contribution < 1.29 is 4.74 Å². The zero-order valence-electron chi connectivity index (χ0n) is 19.2. The van der Waals surface area contributed by atoms with Gasteiger partial charge in [-0.2, -0.15) is 4.98 Å². The standard InChI is InChI=1S/C29H18Cl2N4O2/c30-19-12-13-22(23(31)16-19)27-28(35-14-5-4-11-26(35)34-27)25-17-24(32-29(36)33-25)18-7-6-10-21(15-18)37-20-8-2-1-3-9-20/h1-17H,(H,32,33,36). The van der Waals surface area contributed by atoms with Gasteiger partial charge in [0.1, 0.15) is 22.8 Å². The third-order valence-electron chi connectivity index (χ3n) is 5.82. The third kappa shape index (κ3) is 4.60. The van der Waals surface area contributed by atoms with Gasteiger partial charge in [0.25, 0.3) is 0 Å². The lowest BCUT2D eigenvalue weighted by atomic mass is 10.1. The van der Waals surface area contributed by atoms with Crippen LogP contribution in [0.1, 0.15) is 0 Å². The van der Waals surface area contributed by atoms with Gasteiger partial charge in [0.2, 0.25) is 0 Å². The van der Waals surface area contributed by atoms with Crippen LogP contribution in [-0.4, -0.2) is 19.4 Å². The van der Waals surface area contributed by atoms with Crippen molar-refractivity contribution in [2.24, 2.45) is 0 Å². The third-order valence-corrected chi connectivity index (χ3v) is 6.37. The Morgan fingerprint density at radius 2 is 1.59 bits per heavy atom. The van der Waals surface area contributed by atoms with Crippen LogP contribution in [0.4, 0.5) is 0 Å². The molecular formula is C29H18Cl2N4O2. The normalized spacial score (nSPS) is 11.1. The lowest BCUT2D eigenvalue weighted by Crippen LogP contribution is -2.12. The van der Waals surface area contributed by atoms with E-state index in [9.17, 15) is 4.79 Å². The molecular weight excluding hydrogens is 507 g/mol. The molecule has 0 spiro atoms. The SMILES string of the molecule is O=c1nc(-c2cccc(Oc3ccccc3)c2)cc(-c2c(-c3ccc(Cl)cc3Cl)nc3ccccn23)[nH]1. The van der Waals surface area contributed by atoms with E-state index in [4.69, 9.17) is 32.9 Å². The second-order valence-electron chi connectivity index (χ2n) is 8.29. The number of halogens is 2. The Morgan fingerprint density at radius 3 is 2.43 bits per heavy atom. The van der Waals surface area contributed by atoms with Crippen LogP contribution in [-0.2, 0) is 0 Å². The quantitative estimate of drug-likeness (QED) is 0.253. The van der Waals surface area contributed by atoms with Gasteiger partial charge >= 0.3 is 5.69 Å². The molecule has 0 aliphatic rings. The van der Waals surface area contributed by atoms with Crippen molar-refractivity contribution >= 4 is 28.8 Å². The highest BCUT2D eigenvalue weighted by Crippen LogP contribution is 2.37. The predicted molar refractivity (Wildman–Crippen MR) is 146 cm³/mol. The summed E-state index contributed by atoms with van der Waals surface area (Å²) in [7, 11) is 0. The lowest BCUT2D eigenvalue weighted by Gasteiger charge is -2.10. The van der Waals surface area contributed by atoms with Crippen LogP contribution in [0.15, 0.2) is 108 Å². The van der Waals surface area contributed by atoms with Crippen LogP contribution in [0.25, 0.3) is 39.5 Å². The van der Waals surface area contributed by atoms with Crippen molar-refractivity contribution in [3.05, 3.63) is 124 Å². The summed E-state index contributed by atoms with van der Waals surface area (Å²) in [5.41, 5.74) is 3.99. The zero-order valence-corrected chi connectivity index (χ0v) is 20.7. The van der Waals surface area contributed by atoms with Crippen molar-refractivity contribution in [2.45, 2.75) is 0 Å². The molecule has 0 fully saturated rings. The molecule has 0 saturated heterocycles. The average molecular weight is 525 g/mol. The number of hydrogen-bond acceptors (Lipinski definition) is 4. The number of pyridine rings is 1. The van der Waals surface area contributed by atoms with Crippen LogP contribution >= 0.6 is 23.2 Å². The fourth-order valence-electron chi connectivity index (χ4n) is 4.20. The molecule has 6 nitrogen and oxygen atoms in total. The van der Waals surface area contributed by atoms with E-state index in [0.29, 0.717) is 49.8 Å². The Morgan fingerprint density at radius 1 is 0.784 bits per heavy atom. The maximum absolute atomic E-state index is 12.8. The average Bonchev–Trinajstić information content (AvgIpc) is 3.28. The second-order valence-corrected chi connectivity index (χ2v) is 9.13. The van der Waals surface area contributed by atoms with Gasteiger partial charge in [-0.15, -0.1) is 0 Å². The largest absolute Gasteiger partial charge is 0.457 e. The molecule has 180 valence electrons. The molecule has 0 unspecified atom stereocenters. The van der Waals surface area contributed by atoms with Gasteiger partial charge in [-0.25, -0.2) is 9.78 Å². The number of hydrogen-bond donors (Lipinski definition) is 1. The van der Waals surface area contributed by atoms with Crippen molar-refractivity contribution in [2.75, 3.05) is 0 Å². The van der Waals surface area contributed by atoms with E-state index in [1.807, 2.05) is 95.5 Å². The molecule has 0 amide bonds. The number of nitrogens with one attached hydrogen (secondary N) is 1. The highest BCUT2D eigenvalue weighted by molar-refractivity contribution is 6.36. The first kappa shape index (κ1) is 23.0. The topological polar surface area (TPSA) is 72.3 Å². The Labute approximate surface area is 221 Å². The first-order valence-electron chi connectivity index (χ1n) is 11.4. The molecule has 3 heterocycles. The summed E-state index contributed by atoms with van der Waals surface area (Å²) in [4.78, 5) is 24.7. The van der Waals surface area contributed by atoms with Crippen molar-refractivity contribution in [3.8, 4) is 45.4 Å². The van der Waals surface area contributed by atoms with Crippen LogP contribution in [0.2, 0.25) is 10.0 Å². The summed E-state index contributed by atoms with van der Waals surface area (Å²) in [6.07, 6.45) is 1.89. The van der Waals surface area contributed by atoms with E-state index in [2.05, 4.69) is 9.97 Å². The monoisotopic (exact) mass is 524 g/mol. The Bertz CT molecular complexity index is 1810. The molecule has 0 saturated carbocycles. The van der Waals surface area contributed by atoms with Crippen LogP contribution in [0, 0.1) is 0 Å². The van der Waals surface area contributed by atoms with E-state index in [1.165, 1.54) is 0 Å². The van der Waals surface area contributed by atoms with Gasteiger partial charge < -0.3 is 9.72 Å². The number of nitrogens with zero attached hydrogens (tertiary/aromatic N) is 3. The molecule has 0 aliphatic carbocycles. The summed E-state index contributed by atoms with van der Waals surface area (Å²) in [5.74, 6) is 1.35. The first-order valence-corrected chi connectivity index (χ1v) is 12.2. The summed E-state index contributed by atoms with van der Waals surface area (Å²) in [6, 6.07) is 29.7. The van der Waals surface area contributed by atoms with Gasteiger partial charge in [0.05, 0.1) is 22.1 Å². The molecule has 0 aliphatic heterocycles.